The van der Waals surface area contributed by atoms with Gasteiger partial charge in [0.25, 0.3) is 0 Å². The van der Waals surface area contributed by atoms with Gasteiger partial charge in [-0.15, -0.1) is 0 Å². The van der Waals surface area contributed by atoms with Crippen LogP contribution in [0.5, 0.6) is 17.2 Å². The van der Waals surface area contributed by atoms with Crippen molar-refractivity contribution in [2.45, 2.75) is 39.4 Å². The van der Waals surface area contributed by atoms with E-state index in [1.165, 1.54) is 0 Å². The van der Waals surface area contributed by atoms with Crippen molar-refractivity contribution in [3.63, 3.8) is 0 Å². The molecule has 2 unspecified atom stereocenters. The first-order valence-corrected chi connectivity index (χ1v) is 9.74. The van der Waals surface area contributed by atoms with E-state index in [0.29, 0.717) is 43.5 Å². The van der Waals surface area contributed by atoms with E-state index in [9.17, 15) is 4.79 Å². The summed E-state index contributed by atoms with van der Waals surface area (Å²) in [5, 5.41) is 1.75. The lowest BCUT2D eigenvalue weighted by Crippen LogP contribution is -2.28. The highest BCUT2D eigenvalue weighted by Gasteiger charge is 2.29. The lowest BCUT2D eigenvalue weighted by Gasteiger charge is -2.21. The van der Waals surface area contributed by atoms with Gasteiger partial charge < -0.3 is 23.7 Å². The number of rotatable bonds is 9. The van der Waals surface area contributed by atoms with Crippen molar-refractivity contribution in [2.75, 3.05) is 26.4 Å². The zero-order chi connectivity index (χ0) is 19.7. The molecule has 2 aromatic rings. The van der Waals surface area contributed by atoms with Crippen LogP contribution in [0.4, 0.5) is 0 Å². The normalized spacial score (nSPS) is 20.7. The molecular formula is C22H26O6. The van der Waals surface area contributed by atoms with Crippen LogP contribution in [-0.2, 0) is 14.3 Å². The molecule has 2 aromatic carbocycles. The zero-order valence-electron chi connectivity index (χ0n) is 16.5. The monoisotopic (exact) mass is 386 g/mol. The summed E-state index contributed by atoms with van der Waals surface area (Å²) in [7, 11) is 0. The molecule has 6 nitrogen and oxygen atoms in total. The maximum atomic E-state index is 12.6. The van der Waals surface area contributed by atoms with Gasteiger partial charge in [0.05, 0.1) is 18.6 Å². The van der Waals surface area contributed by atoms with Gasteiger partial charge in [0.1, 0.15) is 42.7 Å². The Morgan fingerprint density at radius 1 is 1.04 bits per heavy atom. The summed E-state index contributed by atoms with van der Waals surface area (Å²) in [5.41, 5.74) is -0.558. The fourth-order valence-electron chi connectivity index (χ4n) is 2.69. The van der Waals surface area contributed by atoms with Gasteiger partial charge in [-0.2, -0.15) is 0 Å². The van der Waals surface area contributed by atoms with Crippen molar-refractivity contribution >= 4 is 16.7 Å². The minimum atomic E-state index is -0.558. The number of benzene rings is 2. The van der Waals surface area contributed by atoms with E-state index in [1.807, 2.05) is 45.0 Å². The highest BCUT2D eigenvalue weighted by Crippen LogP contribution is 2.38. The molecular weight excluding hydrogens is 360 g/mol. The van der Waals surface area contributed by atoms with Crippen LogP contribution in [0.15, 0.2) is 30.3 Å². The molecule has 0 aromatic heterocycles. The number of epoxide rings is 2. The Labute approximate surface area is 164 Å². The van der Waals surface area contributed by atoms with E-state index in [4.69, 9.17) is 23.7 Å². The summed E-state index contributed by atoms with van der Waals surface area (Å²) in [6, 6.07) is 9.41. The maximum Gasteiger partial charge on any atom is 0.316 e. The molecule has 0 bridgehead atoms. The highest BCUT2D eigenvalue weighted by atomic mass is 16.6. The molecule has 0 amide bonds. The number of carbonyl (C=O) groups excluding carboxylic acids is 1. The number of hydrogen-bond acceptors (Lipinski definition) is 6. The molecule has 4 rings (SSSR count). The first kappa shape index (κ1) is 19.0. The quantitative estimate of drug-likeness (QED) is 0.371. The van der Waals surface area contributed by atoms with Gasteiger partial charge in [0.2, 0.25) is 0 Å². The number of hydrogen-bond donors (Lipinski definition) is 0. The van der Waals surface area contributed by atoms with E-state index >= 15 is 0 Å². The van der Waals surface area contributed by atoms with Gasteiger partial charge in [-0.05, 0) is 32.4 Å². The van der Waals surface area contributed by atoms with Crippen molar-refractivity contribution in [3.05, 3.63) is 30.3 Å². The fraction of sp³-hybridized carbons (Fsp3) is 0.500. The SMILES string of the molecule is CCC(C)(C)C(=O)Oc1cc(OCC2CO2)c2cccc(OCC3CO3)c2c1. The van der Waals surface area contributed by atoms with Gasteiger partial charge in [-0.1, -0.05) is 19.1 Å². The Morgan fingerprint density at radius 3 is 2.29 bits per heavy atom. The Balaban J connectivity index is 1.66. The van der Waals surface area contributed by atoms with Crippen LogP contribution in [0.2, 0.25) is 0 Å². The van der Waals surface area contributed by atoms with Crippen LogP contribution in [0.3, 0.4) is 0 Å². The molecule has 150 valence electrons. The van der Waals surface area contributed by atoms with E-state index in [2.05, 4.69) is 0 Å². The van der Waals surface area contributed by atoms with E-state index in [1.54, 1.807) is 6.07 Å². The topological polar surface area (TPSA) is 69.8 Å². The smallest absolute Gasteiger partial charge is 0.316 e. The van der Waals surface area contributed by atoms with E-state index in [-0.39, 0.29) is 18.2 Å². The predicted molar refractivity (Wildman–Crippen MR) is 104 cm³/mol. The fourth-order valence-corrected chi connectivity index (χ4v) is 2.69. The minimum Gasteiger partial charge on any atom is -0.490 e. The molecule has 0 spiro atoms. The lowest BCUT2D eigenvalue weighted by atomic mass is 9.91. The third-order valence-electron chi connectivity index (χ3n) is 5.19. The summed E-state index contributed by atoms with van der Waals surface area (Å²) in [5.74, 6) is 1.55. The molecule has 2 aliphatic heterocycles. The van der Waals surface area contributed by atoms with E-state index in [0.717, 1.165) is 17.4 Å². The van der Waals surface area contributed by atoms with Gasteiger partial charge in [0.15, 0.2) is 0 Å². The molecule has 2 aliphatic rings. The third-order valence-corrected chi connectivity index (χ3v) is 5.19. The number of carbonyl (C=O) groups is 1. The summed E-state index contributed by atoms with van der Waals surface area (Å²) in [6.07, 6.45) is 0.980. The highest BCUT2D eigenvalue weighted by molar-refractivity contribution is 5.95. The minimum absolute atomic E-state index is 0.131. The van der Waals surface area contributed by atoms with Gasteiger partial charge in [-0.25, -0.2) is 0 Å². The van der Waals surface area contributed by atoms with E-state index < -0.39 is 5.41 Å². The molecule has 0 aliphatic carbocycles. The second kappa shape index (κ2) is 7.60. The van der Waals surface area contributed by atoms with Crippen molar-refractivity contribution in [3.8, 4) is 17.2 Å². The van der Waals surface area contributed by atoms with Gasteiger partial charge >= 0.3 is 5.97 Å². The molecule has 0 saturated carbocycles. The molecule has 2 fully saturated rings. The summed E-state index contributed by atoms with van der Waals surface area (Å²) in [4.78, 5) is 12.6. The largest absolute Gasteiger partial charge is 0.490 e. The molecule has 0 radical (unpaired) electrons. The van der Waals surface area contributed by atoms with Crippen molar-refractivity contribution in [1.29, 1.82) is 0 Å². The summed E-state index contributed by atoms with van der Waals surface area (Å²) < 4.78 is 28.1. The summed E-state index contributed by atoms with van der Waals surface area (Å²) in [6.45, 7) is 8.14. The Bertz CT molecular complexity index is 867. The average Bonchev–Trinajstić information content (AvgIpc) is 3.59. The van der Waals surface area contributed by atoms with Crippen molar-refractivity contribution in [1.82, 2.24) is 0 Å². The Kier molecular flexibility index (Phi) is 5.17. The van der Waals surface area contributed by atoms with Crippen molar-refractivity contribution in [2.24, 2.45) is 5.41 Å². The molecule has 6 heteroatoms. The standard InChI is InChI=1S/C22H26O6/c1-4-22(2,3)21(23)28-14-8-18-17(20(9-14)27-13-16-11-25-16)6-5-7-19(18)26-12-15-10-24-15/h5-9,15-16H,4,10-13H2,1-3H3. The third kappa shape index (κ3) is 4.39. The van der Waals surface area contributed by atoms with Crippen LogP contribution in [0.25, 0.3) is 10.8 Å². The number of fused-ring (bicyclic) bond motifs is 1. The number of esters is 1. The molecule has 2 atom stereocenters. The van der Waals surface area contributed by atoms with Gasteiger partial charge in [-0.3, -0.25) is 4.79 Å². The molecule has 28 heavy (non-hydrogen) atoms. The number of ether oxygens (including phenoxy) is 5. The van der Waals surface area contributed by atoms with Crippen LogP contribution in [0.1, 0.15) is 27.2 Å². The zero-order valence-corrected chi connectivity index (χ0v) is 16.5. The summed E-state index contributed by atoms with van der Waals surface area (Å²) >= 11 is 0. The van der Waals surface area contributed by atoms with Crippen LogP contribution in [0, 0.1) is 5.41 Å². The molecule has 0 N–H and O–H groups in total. The first-order chi connectivity index (χ1) is 13.5. The molecule has 2 saturated heterocycles. The van der Waals surface area contributed by atoms with Gasteiger partial charge in [0, 0.05) is 16.8 Å². The Hall–Kier alpha value is -2.31. The predicted octanol–water partition coefficient (Wildman–Crippen LogP) is 3.74. The molecule has 2 heterocycles. The lowest BCUT2D eigenvalue weighted by molar-refractivity contribution is -0.144. The first-order valence-electron chi connectivity index (χ1n) is 9.74. The van der Waals surface area contributed by atoms with Crippen molar-refractivity contribution < 1.29 is 28.5 Å². The maximum absolute atomic E-state index is 12.6. The van der Waals surface area contributed by atoms with Crippen LogP contribution >= 0.6 is 0 Å². The Morgan fingerprint density at radius 2 is 1.68 bits per heavy atom. The average molecular weight is 386 g/mol. The second-order valence-corrected chi connectivity index (χ2v) is 7.93. The van der Waals surface area contributed by atoms with Crippen LogP contribution < -0.4 is 14.2 Å². The second-order valence-electron chi connectivity index (χ2n) is 7.93. The van der Waals surface area contributed by atoms with Crippen LogP contribution in [-0.4, -0.2) is 44.6 Å².